The zero-order valence-corrected chi connectivity index (χ0v) is 13.7. The second-order valence-corrected chi connectivity index (χ2v) is 6.50. The maximum absolute atomic E-state index is 5.93. The molecule has 0 N–H and O–H groups in total. The van der Waals surface area contributed by atoms with Gasteiger partial charge in [-0.3, -0.25) is 0 Å². The summed E-state index contributed by atoms with van der Waals surface area (Å²) >= 11 is 1.88. The van der Waals surface area contributed by atoms with Crippen molar-refractivity contribution >= 4 is 11.8 Å². The fourth-order valence-electron chi connectivity index (χ4n) is 2.38. The van der Waals surface area contributed by atoms with Gasteiger partial charge in [0, 0.05) is 39.0 Å². The van der Waals surface area contributed by atoms with Crippen LogP contribution < -0.4 is 0 Å². The van der Waals surface area contributed by atoms with E-state index in [-0.39, 0.29) is 0 Å². The van der Waals surface area contributed by atoms with Gasteiger partial charge < -0.3 is 14.4 Å². The fraction of sp³-hybridized carbons (Fsp3) is 1.00. The Hall–Kier alpha value is 0.230. The molecule has 0 spiro atoms. The summed E-state index contributed by atoms with van der Waals surface area (Å²) in [7, 11) is 0. The van der Waals surface area contributed by atoms with Crippen LogP contribution in [0.1, 0.15) is 39.5 Å². The summed E-state index contributed by atoms with van der Waals surface area (Å²) in [5, 5.41) is 0. The first-order valence-electron chi connectivity index (χ1n) is 7.66. The molecular formula is C15H31NO2S. The Balaban J connectivity index is 1.88. The Morgan fingerprint density at radius 3 is 2.42 bits per heavy atom. The van der Waals surface area contributed by atoms with Crippen molar-refractivity contribution < 1.29 is 9.47 Å². The van der Waals surface area contributed by atoms with Crippen LogP contribution in [0.4, 0.5) is 0 Å². The molecule has 0 aromatic rings. The van der Waals surface area contributed by atoms with Crippen LogP contribution in [0, 0.1) is 0 Å². The maximum Gasteiger partial charge on any atom is 0.0599 e. The van der Waals surface area contributed by atoms with Gasteiger partial charge in [-0.1, -0.05) is 0 Å². The van der Waals surface area contributed by atoms with E-state index in [9.17, 15) is 0 Å². The molecule has 1 aliphatic heterocycles. The summed E-state index contributed by atoms with van der Waals surface area (Å²) in [5.74, 6) is 1.20. The van der Waals surface area contributed by atoms with Gasteiger partial charge in [0.1, 0.15) is 0 Å². The normalized spacial score (nSPS) is 18.3. The molecule has 1 heterocycles. The molecule has 0 radical (unpaired) electrons. The topological polar surface area (TPSA) is 21.7 Å². The Bertz CT molecular complexity index is 206. The highest BCUT2D eigenvalue weighted by Gasteiger charge is 2.20. The molecule has 4 heteroatoms. The van der Waals surface area contributed by atoms with Crippen molar-refractivity contribution in [1.82, 2.24) is 4.90 Å². The lowest BCUT2D eigenvalue weighted by Crippen LogP contribution is -2.41. The number of hydrogen-bond donors (Lipinski definition) is 0. The summed E-state index contributed by atoms with van der Waals surface area (Å²) in [6.07, 6.45) is 7.18. The third-order valence-corrected chi connectivity index (χ3v) is 4.33. The summed E-state index contributed by atoms with van der Waals surface area (Å²) in [6, 6.07) is 0.677. The van der Waals surface area contributed by atoms with Crippen LogP contribution in [0.25, 0.3) is 0 Å². The van der Waals surface area contributed by atoms with Gasteiger partial charge in [0.15, 0.2) is 0 Å². The minimum absolute atomic E-state index is 0.478. The number of nitrogens with zero attached hydrogens (tertiary/aromatic N) is 1. The zero-order valence-electron chi connectivity index (χ0n) is 12.9. The molecule has 0 bridgehead atoms. The van der Waals surface area contributed by atoms with E-state index in [4.69, 9.17) is 9.47 Å². The molecule has 1 fully saturated rings. The Morgan fingerprint density at radius 2 is 1.79 bits per heavy atom. The third-order valence-electron chi connectivity index (χ3n) is 3.63. The third kappa shape index (κ3) is 8.18. The maximum atomic E-state index is 5.93. The predicted molar refractivity (Wildman–Crippen MR) is 84.1 cm³/mol. The van der Waals surface area contributed by atoms with Crippen molar-refractivity contribution in [2.75, 3.05) is 44.9 Å². The van der Waals surface area contributed by atoms with Gasteiger partial charge in [-0.15, -0.1) is 0 Å². The lowest BCUT2D eigenvalue weighted by atomic mass is 10.1. The molecule has 0 atom stereocenters. The summed E-state index contributed by atoms with van der Waals surface area (Å²) in [5.41, 5.74) is 0. The molecule has 0 aromatic heterocycles. The van der Waals surface area contributed by atoms with Crippen LogP contribution in [0.3, 0.4) is 0 Å². The minimum atomic E-state index is 0.478. The van der Waals surface area contributed by atoms with E-state index < -0.39 is 0 Å². The van der Waals surface area contributed by atoms with Crippen molar-refractivity contribution in [3.05, 3.63) is 0 Å². The molecule has 0 aliphatic carbocycles. The van der Waals surface area contributed by atoms with E-state index in [0.717, 1.165) is 32.7 Å². The predicted octanol–water partition coefficient (Wildman–Crippen LogP) is 3.04. The van der Waals surface area contributed by atoms with Crippen LogP contribution in [-0.2, 0) is 9.47 Å². The molecular weight excluding hydrogens is 258 g/mol. The van der Waals surface area contributed by atoms with Gasteiger partial charge >= 0.3 is 0 Å². The van der Waals surface area contributed by atoms with Gasteiger partial charge in [-0.05, 0) is 51.5 Å². The summed E-state index contributed by atoms with van der Waals surface area (Å²) in [4.78, 5) is 2.54. The summed E-state index contributed by atoms with van der Waals surface area (Å²) in [6.45, 7) is 9.52. The number of rotatable bonds is 10. The molecule has 1 rings (SSSR count). The highest BCUT2D eigenvalue weighted by Crippen LogP contribution is 2.15. The van der Waals surface area contributed by atoms with Crippen LogP contribution >= 0.6 is 11.8 Å². The number of ether oxygens (including phenoxy) is 2. The molecule has 3 nitrogen and oxygen atoms in total. The van der Waals surface area contributed by atoms with Crippen LogP contribution in [-0.4, -0.2) is 62.0 Å². The van der Waals surface area contributed by atoms with E-state index in [0.29, 0.717) is 12.1 Å². The van der Waals surface area contributed by atoms with Crippen molar-refractivity contribution in [2.24, 2.45) is 0 Å². The second kappa shape index (κ2) is 11.0. The molecule has 114 valence electrons. The highest BCUT2D eigenvalue weighted by molar-refractivity contribution is 7.98. The van der Waals surface area contributed by atoms with E-state index in [1.807, 2.05) is 11.8 Å². The summed E-state index contributed by atoms with van der Waals surface area (Å²) < 4.78 is 11.5. The van der Waals surface area contributed by atoms with Crippen molar-refractivity contribution in [3.63, 3.8) is 0 Å². The molecule has 0 amide bonds. The fourth-order valence-corrected chi connectivity index (χ4v) is 2.78. The molecule has 0 aromatic carbocycles. The van der Waals surface area contributed by atoms with Crippen molar-refractivity contribution in [3.8, 4) is 0 Å². The molecule has 0 saturated carbocycles. The first-order chi connectivity index (χ1) is 9.24. The smallest absolute Gasteiger partial charge is 0.0599 e. The zero-order chi connectivity index (χ0) is 13.9. The Labute approximate surface area is 123 Å². The number of likely N-dealkylation sites (tertiary alicyclic amines) is 1. The quantitative estimate of drug-likeness (QED) is 0.576. The number of thioether (sulfide) groups is 1. The van der Waals surface area contributed by atoms with Gasteiger partial charge in [-0.25, -0.2) is 0 Å². The lowest BCUT2D eigenvalue weighted by Gasteiger charge is -2.34. The van der Waals surface area contributed by atoms with E-state index >= 15 is 0 Å². The lowest BCUT2D eigenvalue weighted by molar-refractivity contribution is -0.00771. The van der Waals surface area contributed by atoms with Gasteiger partial charge in [0.05, 0.1) is 6.10 Å². The molecule has 19 heavy (non-hydrogen) atoms. The van der Waals surface area contributed by atoms with E-state index in [1.165, 1.54) is 31.7 Å². The number of piperidine rings is 1. The van der Waals surface area contributed by atoms with Crippen LogP contribution in [0.15, 0.2) is 0 Å². The SMILES string of the molecule is CSCCCOCCCOC1CCN(C(C)C)CC1. The Kier molecular flexibility index (Phi) is 9.96. The number of hydrogen-bond acceptors (Lipinski definition) is 4. The minimum Gasteiger partial charge on any atom is -0.381 e. The molecule has 1 saturated heterocycles. The van der Waals surface area contributed by atoms with Crippen LogP contribution in [0.5, 0.6) is 0 Å². The standard InChI is InChI=1S/C15H31NO2S/c1-14(2)16-8-6-15(7-9-16)18-12-4-10-17-11-5-13-19-3/h14-15H,4-13H2,1-3H3. The van der Waals surface area contributed by atoms with Crippen molar-refractivity contribution in [2.45, 2.75) is 51.7 Å². The first-order valence-corrected chi connectivity index (χ1v) is 9.05. The largest absolute Gasteiger partial charge is 0.381 e. The van der Waals surface area contributed by atoms with E-state index in [2.05, 4.69) is 25.0 Å². The van der Waals surface area contributed by atoms with Crippen molar-refractivity contribution in [1.29, 1.82) is 0 Å². The van der Waals surface area contributed by atoms with Crippen LogP contribution in [0.2, 0.25) is 0 Å². The van der Waals surface area contributed by atoms with Gasteiger partial charge in [0.2, 0.25) is 0 Å². The van der Waals surface area contributed by atoms with Gasteiger partial charge in [0.25, 0.3) is 0 Å². The average molecular weight is 289 g/mol. The van der Waals surface area contributed by atoms with E-state index in [1.54, 1.807) is 0 Å². The van der Waals surface area contributed by atoms with Gasteiger partial charge in [-0.2, -0.15) is 11.8 Å². The second-order valence-electron chi connectivity index (χ2n) is 5.51. The monoisotopic (exact) mass is 289 g/mol. The Morgan fingerprint density at radius 1 is 1.11 bits per heavy atom. The first kappa shape index (κ1) is 17.3. The molecule has 1 aliphatic rings. The average Bonchev–Trinajstić information content (AvgIpc) is 2.42. The highest BCUT2D eigenvalue weighted by atomic mass is 32.2. The molecule has 0 unspecified atom stereocenters.